The summed E-state index contributed by atoms with van der Waals surface area (Å²) in [7, 11) is 0. The summed E-state index contributed by atoms with van der Waals surface area (Å²) in [6, 6.07) is 3.05. The van der Waals surface area contributed by atoms with E-state index in [-0.39, 0.29) is 5.56 Å². The van der Waals surface area contributed by atoms with Crippen LogP contribution in [0.1, 0.15) is 50.6 Å². The molecule has 0 heterocycles. The van der Waals surface area contributed by atoms with Crippen molar-refractivity contribution in [2.24, 2.45) is 5.73 Å². The Hall–Kier alpha value is -0.960. The lowest BCUT2D eigenvalue weighted by molar-refractivity contribution is 0.523. The van der Waals surface area contributed by atoms with Crippen LogP contribution in [-0.4, -0.2) is 0 Å². The average Bonchev–Trinajstić information content (AvgIpc) is 2.27. The first kappa shape index (κ1) is 13.1. The number of benzene rings is 1. The zero-order valence-corrected chi connectivity index (χ0v) is 9.68. The molecule has 0 spiro atoms. The van der Waals surface area contributed by atoms with E-state index in [1.807, 2.05) is 0 Å². The van der Waals surface area contributed by atoms with Crippen LogP contribution in [0.4, 0.5) is 8.78 Å². The molecule has 1 aromatic rings. The Kier molecular flexibility index (Phi) is 5.39. The fourth-order valence-electron chi connectivity index (χ4n) is 1.75. The van der Waals surface area contributed by atoms with Crippen LogP contribution in [0.3, 0.4) is 0 Å². The summed E-state index contributed by atoms with van der Waals surface area (Å²) in [4.78, 5) is 0. The van der Waals surface area contributed by atoms with Crippen molar-refractivity contribution in [1.29, 1.82) is 0 Å². The first-order valence-corrected chi connectivity index (χ1v) is 5.85. The SMILES string of the molecule is CCCCCCC(N)c1cc(F)ccc1F. The molecule has 1 unspecified atom stereocenters. The van der Waals surface area contributed by atoms with Gasteiger partial charge in [-0.1, -0.05) is 32.6 Å². The quantitative estimate of drug-likeness (QED) is 0.732. The molecule has 0 radical (unpaired) electrons. The maximum atomic E-state index is 13.3. The smallest absolute Gasteiger partial charge is 0.128 e. The Balaban J connectivity index is 2.51. The number of halogens is 2. The van der Waals surface area contributed by atoms with Gasteiger partial charge < -0.3 is 5.73 Å². The molecule has 0 amide bonds. The van der Waals surface area contributed by atoms with E-state index in [1.165, 1.54) is 12.5 Å². The molecule has 1 aromatic carbocycles. The molecule has 1 atom stereocenters. The summed E-state index contributed by atoms with van der Waals surface area (Å²) >= 11 is 0. The Labute approximate surface area is 95.7 Å². The summed E-state index contributed by atoms with van der Waals surface area (Å²) in [5, 5.41) is 0. The first-order valence-electron chi connectivity index (χ1n) is 5.85. The van der Waals surface area contributed by atoms with Gasteiger partial charge in [-0.3, -0.25) is 0 Å². The highest BCUT2D eigenvalue weighted by Gasteiger charge is 2.11. The van der Waals surface area contributed by atoms with Crippen LogP contribution in [0.5, 0.6) is 0 Å². The van der Waals surface area contributed by atoms with Crippen LogP contribution in [0.25, 0.3) is 0 Å². The van der Waals surface area contributed by atoms with Gasteiger partial charge >= 0.3 is 0 Å². The standard InChI is InChI=1S/C13H19F2N/c1-2-3-4-5-6-13(16)11-9-10(14)7-8-12(11)15/h7-9,13H,2-6,16H2,1H3. The van der Waals surface area contributed by atoms with Crippen LogP contribution >= 0.6 is 0 Å². The van der Waals surface area contributed by atoms with E-state index in [4.69, 9.17) is 5.73 Å². The van der Waals surface area contributed by atoms with Crippen molar-refractivity contribution in [3.8, 4) is 0 Å². The highest BCUT2D eigenvalue weighted by atomic mass is 19.1. The fraction of sp³-hybridized carbons (Fsp3) is 0.538. The maximum Gasteiger partial charge on any atom is 0.128 e. The monoisotopic (exact) mass is 227 g/mol. The highest BCUT2D eigenvalue weighted by molar-refractivity contribution is 5.21. The number of hydrogen-bond acceptors (Lipinski definition) is 1. The molecule has 0 aromatic heterocycles. The summed E-state index contributed by atoms with van der Waals surface area (Å²) in [6.45, 7) is 2.13. The van der Waals surface area contributed by atoms with Gasteiger partial charge in [-0.15, -0.1) is 0 Å². The summed E-state index contributed by atoms with van der Waals surface area (Å²) in [6.07, 6.45) is 5.09. The maximum absolute atomic E-state index is 13.3. The third-order valence-corrected chi connectivity index (χ3v) is 2.73. The third-order valence-electron chi connectivity index (χ3n) is 2.73. The molecule has 1 nitrogen and oxygen atoms in total. The Morgan fingerprint density at radius 1 is 1.19 bits per heavy atom. The lowest BCUT2D eigenvalue weighted by Gasteiger charge is -2.12. The van der Waals surface area contributed by atoms with E-state index in [1.54, 1.807) is 0 Å². The molecule has 0 aliphatic rings. The lowest BCUT2D eigenvalue weighted by Crippen LogP contribution is -2.12. The van der Waals surface area contributed by atoms with Crippen molar-refractivity contribution in [1.82, 2.24) is 0 Å². The van der Waals surface area contributed by atoms with Crippen molar-refractivity contribution < 1.29 is 8.78 Å². The second-order valence-corrected chi connectivity index (χ2v) is 4.12. The van der Waals surface area contributed by atoms with Gasteiger partial charge in [0.25, 0.3) is 0 Å². The second-order valence-electron chi connectivity index (χ2n) is 4.12. The minimum Gasteiger partial charge on any atom is -0.324 e. The summed E-state index contributed by atoms with van der Waals surface area (Å²) in [5.41, 5.74) is 6.13. The number of unbranched alkanes of at least 4 members (excludes halogenated alkanes) is 3. The van der Waals surface area contributed by atoms with Crippen LogP contribution in [-0.2, 0) is 0 Å². The largest absolute Gasteiger partial charge is 0.324 e. The molecule has 3 heteroatoms. The highest BCUT2D eigenvalue weighted by Crippen LogP contribution is 2.21. The van der Waals surface area contributed by atoms with Gasteiger partial charge in [-0.2, -0.15) is 0 Å². The molecule has 0 aliphatic carbocycles. The first-order chi connectivity index (χ1) is 7.65. The predicted octanol–water partition coefficient (Wildman–Crippen LogP) is 3.94. The molecular formula is C13H19F2N. The second kappa shape index (κ2) is 6.59. The summed E-state index contributed by atoms with van der Waals surface area (Å²) < 4.78 is 26.3. The van der Waals surface area contributed by atoms with Gasteiger partial charge in [0.2, 0.25) is 0 Å². The normalized spacial score (nSPS) is 12.8. The molecule has 0 bridgehead atoms. The lowest BCUT2D eigenvalue weighted by atomic mass is 10.0. The van der Waals surface area contributed by atoms with Crippen molar-refractivity contribution in [3.05, 3.63) is 35.4 Å². The molecule has 16 heavy (non-hydrogen) atoms. The Morgan fingerprint density at radius 2 is 1.94 bits per heavy atom. The molecule has 0 saturated carbocycles. The number of rotatable bonds is 6. The fourth-order valence-corrected chi connectivity index (χ4v) is 1.75. The molecule has 0 fully saturated rings. The van der Waals surface area contributed by atoms with E-state index in [0.717, 1.165) is 31.4 Å². The molecule has 0 aliphatic heterocycles. The van der Waals surface area contributed by atoms with Gasteiger partial charge in [0.15, 0.2) is 0 Å². The Bertz CT molecular complexity index is 326. The van der Waals surface area contributed by atoms with Crippen LogP contribution in [0, 0.1) is 11.6 Å². The van der Waals surface area contributed by atoms with E-state index < -0.39 is 17.7 Å². The van der Waals surface area contributed by atoms with Gasteiger partial charge in [-0.25, -0.2) is 8.78 Å². The van der Waals surface area contributed by atoms with Crippen molar-refractivity contribution in [2.45, 2.75) is 45.1 Å². The van der Waals surface area contributed by atoms with E-state index in [0.29, 0.717) is 6.42 Å². The van der Waals surface area contributed by atoms with Crippen molar-refractivity contribution in [3.63, 3.8) is 0 Å². The topological polar surface area (TPSA) is 26.0 Å². The number of nitrogens with two attached hydrogens (primary N) is 1. The van der Waals surface area contributed by atoms with Crippen molar-refractivity contribution in [2.75, 3.05) is 0 Å². The van der Waals surface area contributed by atoms with Crippen LogP contribution < -0.4 is 5.73 Å². The van der Waals surface area contributed by atoms with Crippen LogP contribution in [0.15, 0.2) is 18.2 Å². The zero-order valence-electron chi connectivity index (χ0n) is 9.68. The van der Waals surface area contributed by atoms with E-state index >= 15 is 0 Å². The van der Waals surface area contributed by atoms with E-state index in [9.17, 15) is 8.78 Å². The van der Waals surface area contributed by atoms with Gasteiger partial charge in [-0.05, 0) is 24.6 Å². The zero-order chi connectivity index (χ0) is 12.0. The molecule has 1 rings (SSSR count). The van der Waals surface area contributed by atoms with E-state index in [2.05, 4.69) is 6.92 Å². The summed E-state index contributed by atoms with van der Waals surface area (Å²) in [5.74, 6) is -0.843. The molecule has 90 valence electrons. The number of hydrogen-bond donors (Lipinski definition) is 1. The Morgan fingerprint density at radius 3 is 2.62 bits per heavy atom. The predicted molar refractivity (Wildman–Crippen MR) is 62.0 cm³/mol. The van der Waals surface area contributed by atoms with Gasteiger partial charge in [0.1, 0.15) is 11.6 Å². The van der Waals surface area contributed by atoms with Crippen molar-refractivity contribution >= 4 is 0 Å². The minimum absolute atomic E-state index is 0.288. The minimum atomic E-state index is -0.430. The molecule has 0 saturated heterocycles. The van der Waals surface area contributed by atoms with Crippen LogP contribution in [0.2, 0.25) is 0 Å². The third kappa shape index (κ3) is 3.89. The molecular weight excluding hydrogens is 208 g/mol. The van der Waals surface area contributed by atoms with Gasteiger partial charge in [0, 0.05) is 11.6 Å². The average molecular weight is 227 g/mol. The van der Waals surface area contributed by atoms with Gasteiger partial charge in [0.05, 0.1) is 0 Å². The molecule has 2 N–H and O–H groups in total.